The smallest absolute Gasteiger partial charge is 0.258 e. The molecule has 0 radical (unpaired) electrons. The third kappa shape index (κ3) is 2.80. The monoisotopic (exact) mass is 330 g/mol. The van der Waals surface area contributed by atoms with E-state index >= 15 is 0 Å². The van der Waals surface area contributed by atoms with E-state index in [9.17, 15) is 13.6 Å². The molecule has 1 fully saturated rings. The third-order valence-corrected chi connectivity index (χ3v) is 4.44. The molecule has 2 aromatic rings. The van der Waals surface area contributed by atoms with Gasteiger partial charge in [0, 0.05) is 30.0 Å². The SMILES string of the molecule is Cc1cc(=O)n(-c2ccc(C#N)nc2)c(C2CC(C)C(F)(F)C2)n1. The number of hydrogen-bond donors (Lipinski definition) is 0. The standard InChI is InChI=1S/C17H16F2N4O/c1-10-5-12(7-17(10,18)19)16-22-11(2)6-15(24)23(16)14-4-3-13(8-20)21-9-14/h3-4,6,9-10,12H,5,7H2,1-2H3. The molecule has 2 atom stereocenters. The number of nitriles is 1. The van der Waals surface area contributed by atoms with Crippen molar-refractivity contribution in [3.05, 3.63) is 52.0 Å². The van der Waals surface area contributed by atoms with E-state index in [4.69, 9.17) is 5.26 Å². The molecule has 0 spiro atoms. The van der Waals surface area contributed by atoms with Crippen LogP contribution in [0.4, 0.5) is 8.78 Å². The number of halogens is 2. The summed E-state index contributed by atoms with van der Waals surface area (Å²) in [6.07, 6.45) is 1.33. The molecule has 2 unspecified atom stereocenters. The molecule has 1 saturated carbocycles. The zero-order valence-electron chi connectivity index (χ0n) is 13.3. The van der Waals surface area contributed by atoms with Crippen molar-refractivity contribution in [2.45, 2.75) is 38.5 Å². The Morgan fingerprint density at radius 2 is 2.17 bits per heavy atom. The van der Waals surface area contributed by atoms with Crippen molar-refractivity contribution < 1.29 is 8.78 Å². The fourth-order valence-corrected chi connectivity index (χ4v) is 3.15. The first-order chi connectivity index (χ1) is 11.3. The topological polar surface area (TPSA) is 71.6 Å². The van der Waals surface area contributed by atoms with E-state index in [1.54, 1.807) is 13.0 Å². The molecule has 2 heterocycles. The van der Waals surface area contributed by atoms with Gasteiger partial charge in [-0.05, 0) is 25.5 Å². The van der Waals surface area contributed by atoms with Crippen LogP contribution in [0.25, 0.3) is 5.69 Å². The van der Waals surface area contributed by atoms with Crippen LogP contribution in [0.2, 0.25) is 0 Å². The van der Waals surface area contributed by atoms with Crippen LogP contribution in [0, 0.1) is 24.2 Å². The van der Waals surface area contributed by atoms with Crippen LogP contribution in [0.5, 0.6) is 0 Å². The zero-order valence-corrected chi connectivity index (χ0v) is 13.3. The van der Waals surface area contributed by atoms with Crippen LogP contribution in [-0.2, 0) is 0 Å². The van der Waals surface area contributed by atoms with E-state index in [0.29, 0.717) is 17.2 Å². The third-order valence-electron chi connectivity index (χ3n) is 4.44. The predicted molar refractivity (Wildman–Crippen MR) is 83.2 cm³/mol. The average molecular weight is 330 g/mol. The molecule has 0 saturated heterocycles. The molecule has 0 aliphatic heterocycles. The molecule has 1 aliphatic carbocycles. The Bertz CT molecular complexity index is 868. The summed E-state index contributed by atoms with van der Waals surface area (Å²) in [6, 6.07) is 6.32. The van der Waals surface area contributed by atoms with Gasteiger partial charge >= 0.3 is 0 Å². The van der Waals surface area contributed by atoms with Gasteiger partial charge in [-0.15, -0.1) is 0 Å². The van der Waals surface area contributed by atoms with Crippen molar-refractivity contribution in [1.82, 2.24) is 14.5 Å². The molecule has 1 aliphatic rings. The fourth-order valence-electron chi connectivity index (χ4n) is 3.15. The predicted octanol–water partition coefficient (Wildman–Crippen LogP) is 2.96. The number of aromatic nitrogens is 3. The lowest BCUT2D eigenvalue weighted by Gasteiger charge is -2.17. The Morgan fingerprint density at radius 1 is 1.42 bits per heavy atom. The Balaban J connectivity index is 2.13. The molecular weight excluding hydrogens is 314 g/mol. The maximum absolute atomic E-state index is 13.9. The van der Waals surface area contributed by atoms with Gasteiger partial charge in [0.15, 0.2) is 0 Å². The van der Waals surface area contributed by atoms with Crippen molar-refractivity contribution >= 4 is 0 Å². The van der Waals surface area contributed by atoms with Gasteiger partial charge in [-0.2, -0.15) is 5.26 Å². The van der Waals surface area contributed by atoms with Crippen LogP contribution in [-0.4, -0.2) is 20.5 Å². The summed E-state index contributed by atoms with van der Waals surface area (Å²) in [4.78, 5) is 20.8. The molecule has 3 rings (SSSR count). The highest BCUT2D eigenvalue weighted by molar-refractivity contribution is 5.35. The van der Waals surface area contributed by atoms with Gasteiger partial charge in [-0.1, -0.05) is 6.92 Å². The average Bonchev–Trinajstić information content (AvgIpc) is 2.80. The summed E-state index contributed by atoms with van der Waals surface area (Å²) in [5, 5.41) is 8.83. The van der Waals surface area contributed by atoms with Crippen LogP contribution in [0.3, 0.4) is 0 Å². The highest BCUT2D eigenvalue weighted by Gasteiger charge is 2.47. The van der Waals surface area contributed by atoms with E-state index in [0.717, 1.165) is 0 Å². The first-order valence-electron chi connectivity index (χ1n) is 7.67. The highest BCUT2D eigenvalue weighted by atomic mass is 19.3. The van der Waals surface area contributed by atoms with E-state index in [1.807, 2.05) is 6.07 Å². The normalized spacial score (nSPS) is 22.3. The molecule has 0 N–H and O–H groups in total. The van der Waals surface area contributed by atoms with Crippen LogP contribution in [0.1, 0.15) is 42.9 Å². The lowest BCUT2D eigenvalue weighted by molar-refractivity contribution is -0.0309. The lowest BCUT2D eigenvalue weighted by Crippen LogP contribution is -2.25. The number of nitrogens with zero attached hydrogens (tertiary/aromatic N) is 4. The second-order valence-corrected chi connectivity index (χ2v) is 6.24. The number of pyridine rings is 1. The van der Waals surface area contributed by atoms with Crippen molar-refractivity contribution in [3.63, 3.8) is 0 Å². The summed E-state index contributed by atoms with van der Waals surface area (Å²) in [6.45, 7) is 3.18. The van der Waals surface area contributed by atoms with Gasteiger partial charge in [0.25, 0.3) is 11.5 Å². The van der Waals surface area contributed by atoms with Gasteiger partial charge in [-0.3, -0.25) is 9.36 Å². The fraction of sp³-hybridized carbons (Fsp3) is 0.412. The van der Waals surface area contributed by atoms with Gasteiger partial charge < -0.3 is 0 Å². The largest absolute Gasteiger partial charge is 0.269 e. The molecule has 5 nitrogen and oxygen atoms in total. The van der Waals surface area contributed by atoms with E-state index in [2.05, 4.69) is 9.97 Å². The minimum atomic E-state index is -2.76. The first kappa shape index (κ1) is 16.2. The molecule has 124 valence electrons. The maximum Gasteiger partial charge on any atom is 0.258 e. The maximum atomic E-state index is 13.9. The number of alkyl halides is 2. The number of rotatable bonds is 2. The minimum Gasteiger partial charge on any atom is -0.269 e. The summed E-state index contributed by atoms with van der Waals surface area (Å²) in [5.74, 6) is -3.69. The second kappa shape index (κ2) is 5.78. The van der Waals surface area contributed by atoms with E-state index < -0.39 is 17.8 Å². The summed E-state index contributed by atoms with van der Waals surface area (Å²) in [5.41, 5.74) is 0.793. The quantitative estimate of drug-likeness (QED) is 0.849. The second-order valence-electron chi connectivity index (χ2n) is 6.24. The molecule has 0 amide bonds. The summed E-state index contributed by atoms with van der Waals surface area (Å²) < 4.78 is 29.2. The van der Waals surface area contributed by atoms with Crippen molar-refractivity contribution in [2.75, 3.05) is 0 Å². The number of aryl methyl sites for hydroxylation is 1. The number of hydrogen-bond acceptors (Lipinski definition) is 4. The lowest BCUT2D eigenvalue weighted by atomic mass is 10.0. The molecule has 0 bridgehead atoms. The van der Waals surface area contributed by atoms with Crippen molar-refractivity contribution in [2.24, 2.45) is 5.92 Å². The molecule has 24 heavy (non-hydrogen) atoms. The summed E-state index contributed by atoms with van der Waals surface area (Å²) >= 11 is 0. The van der Waals surface area contributed by atoms with E-state index in [-0.39, 0.29) is 24.1 Å². The van der Waals surface area contributed by atoms with Gasteiger partial charge in [0.1, 0.15) is 17.6 Å². The van der Waals surface area contributed by atoms with Crippen molar-refractivity contribution in [1.29, 1.82) is 5.26 Å². The van der Waals surface area contributed by atoms with E-state index in [1.165, 1.54) is 29.8 Å². The highest BCUT2D eigenvalue weighted by Crippen LogP contribution is 2.47. The van der Waals surface area contributed by atoms with Gasteiger partial charge in [0.2, 0.25) is 0 Å². The molecule has 2 aromatic heterocycles. The van der Waals surface area contributed by atoms with Gasteiger partial charge in [0.05, 0.1) is 11.9 Å². The van der Waals surface area contributed by atoms with Crippen molar-refractivity contribution in [3.8, 4) is 11.8 Å². The Morgan fingerprint density at radius 3 is 2.71 bits per heavy atom. The van der Waals surface area contributed by atoms with Crippen LogP contribution >= 0.6 is 0 Å². The summed E-state index contributed by atoms with van der Waals surface area (Å²) in [7, 11) is 0. The Hall–Kier alpha value is -2.62. The minimum absolute atomic E-state index is 0.217. The molecule has 7 heteroatoms. The molecular formula is C17H16F2N4O. The molecule has 0 aromatic carbocycles. The van der Waals surface area contributed by atoms with Crippen LogP contribution in [0.15, 0.2) is 29.2 Å². The Kier molecular flexibility index (Phi) is 3.91. The Labute approximate surface area is 137 Å². The first-order valence-corrected chi connectivity index (χ1v) is 7.67. The van der Waals surface area contributed by atoms with Crippen LogP contribution < -0.4 is 5.56 Å². The zero-order chi connectivity index (χ0) is 17.5. The van der Waals surface area contributed by atoms with Gasteiger partial charge in [-0.25, -0.2) is 18.7 Å².